The molecule has 5 heteroatoms. The first-order valence-electron chi connectivity index (χ1n) is 8.03. The van der Waals surface area contributed by atoms with Crippen molar-refractivity contribution in [3.05, 3.63) is 54.0 Å². The van der Waals surface area contributed by atoms with Gasteiger partial charge in [-0.15, -0.1) is 0 Å². The molecule has 1 aromatic carbocycles. The van der Waals surface area contributed by atoms with E-state index in [1.165, 1.54) is 12.0 Å². The molecule has 0 bridgehead atoms. The van der Waals surface area contributed by atoms with Crippen molar-refractivity contribution in [3.8, 4) is 0 Å². The van der Waals surface area contributed by atoms with Crippen molar-refractivity contribution < 1.29 is 9.21 Å². The fourth-order valence-electron chi connectivity index (χ4n) is 3.11. The summed E-state index contributed by atoms with van der Waals surface area (Å²) in [7, 11) is 1.87. The van der Waals surface area contributed by atoms with Crippen LogP contribution in [0.4, 0.5) is 5.69 Å². The molecule has 1 fully saturated rings. The van der Waals surface area contributed by atoms with Gasteiger partial charge in [-0.3, -0.25) is 4.79 Å². The van der Waals surface area contributed by atoms with Crippen molar-refractivity contribution in [1.82, 2.24) is 4.90 Å². The van der Waals surface area contributed by atoms with E-state index in [0.717, 1.165) is 25.9 Å². The molecule has 122 valence electrons. The van der Waals surface area contributed by atoms with Gasteiger partial charge in [-0.2, -0.15) is 0 Å². The molecular weight excluding hydrogens is 290 g/mol. The van der Waals surface area contributed by atoms with Gasteiger partial charge in [-0.1, -0.05) is 18.2 Å². The molecule has 0 aliphatic carbocycles. The minimum Gasteiger partial charge on any atom is -0.467 e. The number of furan rings is 1. The van der Waals surface area contributed by atoms with Crippen molar-refractivity contribution in [2.24, 2.45) is 5.73 Å². The van der Waals surface area contributed by atoms with Crippen molar-refractivity contribution in [2.75, 3.05) is 25.0 Å². The number of piperidine rings is 1. The van der Waals surface area contributed by atoms with Gasteiger partial charge < -0.3 is 20.0 Å². The molecule has 1 aromatic heterocycles. The third-order valence-corrected chi connectivity index (χ3v) is 4.49. The van der Waals surface area contributed by atoms with E-state index in [1.54, 1.807) is 6.07 Å². The molecule has 2 aromatic rings. The topological polar surface area (TPSA) is 62.7 Å². The van der Waals surface area contributed by atoms with E-state index in [0.29, 0.717) is 17.9 Å². The number of nitrogens with two attached hydrogens (primary N) is 1. The number of nitrogens with zero attached hydrogens (tertiary/aromatic N) is 2. The summed E-state index contributed by atoms with van der Waals surface area (Å²) in [5, 5.41) is 0. The maximum atomic E-state index is 12.6. The first-order valence-corrected chi connectivity index (χ1v) is 8.03. The van der Waals surface area contributed by atoms with Gasteiger partial charge in [0.1, 0.15) is 12.0 Å². The fraction of sp³-hybridized carbons (Fsp3) is 0.389. The maximum absolute atomic E-state index is 12.6. The highest BCUT2D eigenvalue weighted by molar-refractivity contribution is 5.94. The van der Waals surface area contributed by atoms with Crippen LogP contribution >= 0.6 is 0 Å². The highest BCUT2D eigenvalue weighted by Crippen LogP contribution is 2.23. The lowest BCUT2D eigenvalue weighted by Gasteiger charge is -2.38. The lowest BCUT2D eigenvalue weighted by Crippen LogP contribution is -2.48. The predicted molar refractivity (Wildman–Crippen MR) is 90.4 cm³/mol. The van der Waals surface area contributed by atoms with Gasteiger partial charge in [0.25, 0.3) is 5.91 Å². The van der Waals surface area contributed by atoms with Gasteiger partial charge in [0.15, 0.2) is 0 Å². The number of hydrogen-bond acceptors (Lipinski definition) is 4. The number of carbonyl (C=O) groups excluding carboxylic acids is 1. The Morgan fingerprint density at radius 3 is 2.87 bits per heavy atom. The molecule has 1 amide bonds. The first kappa shape index (κ1) is 15.6. The van der Waals surface area contributed by atoms with Crippen LogP contribution in [-0.4, -0.2) is 37.0 Å². The molecule has 0 saturated carbocycles. The Morgan fingerprint density at radius 2 is 2.17 bits per heavy atom. The van der Waals surface area contributed by atoms with Crippen LogP contribution in [-0.2, 0) is 6.54 Å². The van der Waals surface area contributed by atoms with Crippen LogP contribution in [0.3, 0.4) is 0 Å². The third-order valence-electron chi connectivity index (χ3n) is 4.49. The molecule has 23 heavy (non-hydrogen) atoms. The van der Waals surface area contributed by atoms with Crippen molar-refractivity contribution >= 4 is 11.6 Å². The maximum Gasteiger partial charge on any atom is 0.257 e. The molecule has 1 aliphatic heterocycles. The summed E-state index contributed by atoms with van der Waals surface area (Å²) in [4.78, 5) is 16.8. The van der Waals surface area contributed by atoms with E-state index in [9.17, 15) is 4.79 Å². The van der Waals surface area contributed by atoms with Gasteiger partial charge in [0.2, 0.25) is 0 Å². The average molecular weight is 313 g/mol. The van der Waals surface area contributed by atoms with E-state index >= 15 is 0 Å². The fourth-order valence-corrected chi connectivity index (χ4v) is 3.11. The van der Waals surface area contributed by atoms with E-state index in [-0.39, 0.29) is 11.9 Å². The van der Waals surface area contributed by atoms with Crippen molar-refractivity contribution in [1.29, 1.82) is 0 Å². The first-order chi connectivity index (χ1) is 11.2. The Bertz CT molecular complexity index is 653. The van der Waals surface area contributed by atoms with Crippen molar-refractivity contribution in [3.63, 3.8) is 0 Å². The van der Waals surface area contributed by atoms with Crippen LogP contribution < -0.4 is 10.6 Å². The van der Waals surface area contributed by atoms with E-state index < -0.39 is 0 Å². The van der Waals surface area contributed by atoms with Gasteiger partial charge >= 0.3 is 0 Å². The van der Waals surface area contributed by atoms with Gasteiger partial charge in [-0.25, -0.2) is 0 Å². The number of amides is 1. The SMILES string of the molecule is CN(C(=O)c1coc(CN)c1)C1CCCN(c2ccccc2)C1. The Balaban J connectivity index is 1.69. The molecule has 1 atom stereocenters. The number of hydrogen-bond donors (Lipinski definition) is 1. The zero-order valence-corrected chi connectivity index (χ0v) is 13.4. The van der Waals surface area contributed by atoms with Crippen LogP contribution in [0.25, 0.3) is 0 Å². The molecule has 0 radical (unpaired) electrons. The Labute approximate surface area is 136 Å². The molecule has 1 aliphatic rings. The molecule has 1 unspecified atom stereocenters. The molecular formula is C18H23N3O2. The second-order valence-electron chi connectivity index (χ2n) is 6.00. The summed E-state index contributed by atoms with van der Waals surface area (Å²) in [5.74, 6) is 0.629. The third kappa shape index (κ3) is 3.40. The summed E-state index contributed by atoms with van der Waals surface area (Å²) in [5.41, 5.74) is 7.33. The van der Waals surface area contributed by atoms with Gasteiger partial charge in [0.05, 0.1) is 12.1 Å². The van der Waals surface area contributed by atoms with Crippen LogP contribution in [0.5, 0.6) is 0 Å². The van der Waals surface area contributed by atoms with Gasteiger partial charge in [0, 0.05) is 31.9 Å². The van der Waals surface area contributed by atoms with E-state index in [1.807, 2.05) is 30.1 Å². The summed E-state index contributed by atoms with van der Waals surface area (Å²) < 4.78 is 5.28. The standard InChI is InChI=1S/C18H23N3O2/c1-20(18(22)14-10-17(11-19)23-13-14)16-8-5-9-21(12-16)15-6-3-2-4-7-15/h2-4,6-7,10,13,16H,5,8-9,11-12,19H2,1H3. The number of anilines is 1. The quantitative estimate of drug-likeness (QED) is 0.942. The molecule has 1 saturated heterocycles. The average Bonchev–Trinajstić information content (AvgIpc) is 3.10. The van der Waals surface area contributed by atoms with Crippen molar-refractivity contribution in [2.45, 2.75) is 25.4 Å². The molecule has 3 rings (SSSR count). The highest BCUT2D eigenvalue weighted by Gasteiger charge is 2.27. The minimum atomic E-state index is -0.00615. The number of carbonyl (C=O) groups is 1. The Morgan fingerprint density at radius 1 is 1.39 bits per heavy atom. The summed E-state index contributed by atoms with van der Waals surface area (Å²) in [6.45, 7) is 2.20. The van der Waals surface area contributed by atoms with Crippen LogP contribution in [0, 0.1) is 0 Å². The second-order valence-corrected chi connectivity index (χ2v) is 6.00. The molecule has 2 heterocycles. The van der Waals surface area contributed by atoms with Crippen LogP contribution in [0.1, 0.15) is 29.0 Å². The second kappa shape index (κ2) is 6.87. The summed E-state index contributed by atoms with van der Waals surface area (Å²) >= 11 is 0. The van der Waals surface area contributed by atoms with Crippen LogP contribution in [0.2, 0.25) is 0 Å². The number of rotatable bonds is 4. The number of benzene rings is 1. The Hall–Kier alpha value is -2.27. The normalized spacial score (nSPS) is 18.0. The lowest BCUT2D eigenvalue weighted by atomic mass is 10.0. The van der Waals surface area contributed by atoms with E-state index in [4.69, 9.17) is 10.2 Å². The lowest BCUT2D eigenvalue weighted by molar-refractivity contribution is 0.0717. The molecule has 5 nitrogen and oxygen atoms in total. The summed E-state index contributed by atoms with van der Waals surface area (Å²) in [6, 6.07) is 12.3. The Kier molecular flexibility index (Phi) is 4.67. The number of para-hydroxylation sites is 1. The minimum absolute atomic E-state index is 0.00615. The highest BCUT2D eigenvalue weighted by atomic mass is 16.3. The van der Waals surface area contributed by atoms with Crippen LogP contribution in [0.15, 0.2) is 47.1 Å². The zero-order valence-electron chi connectivity index (χ0n) is 13.4. The predicted octanol–water partition coefficient (Wildman–Crippen LogP) is 2.48. The molecule has 2 N–H and O–H groups in total. The summed E-state index contributed by atoms with van der Waals surface area (Å²) in [6.07, 6.45) is 3.60. The monoisotopic (exact) mass is 313 g/mol. The smallest absolute Gasteiger partial charge is 0.257 e. The molecule has 0 spiro atoms. The van der Waals surface area contributed by atoms with E-state index in [2.05, 4.69) is 17.0 Å². The zero-order chi connectivity index (χ0) is 16.2. The number of likely N-dealkylation sites (N-methyl/N-ethyl adjacent to an activating group) is 1. The van der Waals surface area contributed by atoms with Gasteiger partial charge in [-0.05, 0) is 31.0 Å². The largest absolute Gasteiger partial charge is 0.467 e.